The lowest BCUT2D eigenvalue weighted by Gasteiger charge is -2.12. The minimum Gasteiger partial charge on any atom is -0.491 e. The number of phosphoric ester groups is 1. The third kappa shape index (κ3) is 20.2. The van der Waals surface area contributed by atoms with Crippen molar-refractivity contribution in [3.63, 3.8) is 0 Å². The molecule has 43 heavy (non-hydrogen) atoms. The fourth-order valence-electron chi connectivity index (χ4n) is 4.80. The van der Waals surface area contributed by atoms with Crippen LogP contribution in [0.5, 0.6) is 5.75 Å². The maximum absolute atomic E-state index is 12.0. The van der Waals surface area contributed by atoms with Crippen molar-refractivity contribution < 1.29 is 37.5 Å². The lowest BCUT2D eigenvalue weighted by molar-refractivity contribution is 0.00283. The molecule has 0 aliphatic heterocycles. The van der Waals surface area contributed by atoms with Crippen molar-refractivity contribution in [2.45, 2.75) is 96.8 Å². The Bertz CT molecular complexity index is 967. The minimum atomic E-state index is -4.03. The molecule has 0 aliphatic carbocycles. The van der Waals surface area contributed by atoms with Crippen LogP contribution < -0.4 is 4.74 Å². The van der Waals surface area contributed by atoms with Gasteiger partial charge in [0.15, 0.2) is 0 Å². The van der Waals surface area contributed by atoms with Gasteiger partial charge < -0.3 is 23.8 Å². The second-order valence-electron chi connectivity index (χ2n) is 10.9. The molecule has 0 saturated heterocycles. The van der Waals surface area contributed by atoms with Gasteiger partial charge in [0.25, 0.3) is 0 Å². The van der Waals surface area contributed by atoms with E-state index in [1.807, 2.05) is 30.3 Å². The molecule has 0 aromatic heterocycles. The van der Waals surface area contributed by atoms with Gasteiger partial charge in [0.2, 0.25) is 0 Å². The second kappa shape index (κ2) is 25.8. The third-order valence-corrected chi connectivity index (χ3v) is 8.23. The molecule has 1 N–H and O–H groups in total. The van der Waals surface area contributed by atoms with Gasteiger partial charge in [-0.3, -0.25) is 9.05 Å². The zero-order valence-corrected chi connectivity index (χ0v) is 27.5. The summed E-state index contributed by atoms with van der Waals surface area (Å²) in [6.45, 7) is 5.31. The average Bonchev–Trinajstić information content (AvgIpc) is 3.01. The molecule has 0 saturated carbocycles. The Labute approximate surface area is 260 Å². The number of hydrogen-bond acceptors (Lipinski definition) is 7. The molecule has 0 amide bonds. The summed E-state index contributed by atoms with van der Waals surface area (Å²) >= 11 is 0. The van der Waals surface area contributed by atoms with E-state index in [4.69, 9.17) is 28.0 Å². The van der Waals surface area contributed by atoms with Crippen LogP contribution in [-0.2, 0) is 27.8 Å². The molecular weight excluding hydrogens is 567 g/mol. The number of benzene rings is 2. The first-order valence-electron chi connectivity index (χ1n) is 16.6. The van der Waals surface area contributed by atoms with E-state index in [1.54, 1.807) is 0 Å². The van der Waals surface area contributed by atoms with Crippen molar-refractivity contribution in [1.82, 2.24) is 0 Å². The predicted molar refractivity (Wildman–Crippen MR) is 174 cm³/mol. The van der Waals surface area contributed by atoms with Crippen LogP contribution in [0, 0.1) is 0 Å². The third-order valence-electron chi connectivity index (χ3n) is 7.21. The monoisotopic (exact) mass is 624 g/mol. The van der Waals surface area contributed by atoms with Gasteiger partial charge in [-0.1, -0.05) is 127 Å². The number of phosphoric acid groups is 1. The fraction of sp³-hybridized carbons (Fsp3) is 0.706. The van der Waals surface area contributed by atoms with Crippen LogP contribution in [0.25, 0.3) is 10.8 Å². The van der Waals surface area contributed by atoms with E-state index in [0.29, 0.717) is 39.6 Å². The van der Waals surface area contributed by atoms with Gasteiger partial charge in [0.05, 0.1) is 52.9 Å². The zero-order valence-electron chi connectivity index (χ0n) is 26.6. The molecule has 246 valence electrons. The molecule has 0 bridgehead atoms. The maximum Gasteiger partial charge on any atom is 0.472 e. The Morgan fingerprint density at radius 3 is 1.60 bits per heavy atom. The van der Waals surface area contributed by atoms with Crippen molar-refractivity contribution in [1.29, 1.82) is 0 Å². The Morgan fingerprint density at radius 1 is 0.535 bits per heavy atom. The fourth-order valence-corrected chi connectivity index (χ4v) is 5.54. The minimum absolute atomic E-state index is 0.00761. The zero-order chi connectivity index (χ0) is 30.7. The number of hydrogen-bond donors (Lipinski definition) is 1. The van der Waals surface area contributed by atoms with Crippen LogP contribution in [0.3, 0.4) is 0 Å². The summed E-state index contributed by atoms with van der Waals surface area (Å²) in [6, 6.07) is 14.1. The quantitative estimate of drug-likeness (QED) is 0.0681. The molecule has 2 aromatic rings. The molecule has 8 nitrogen and oxygen atoms in total. The van der Waals surface area contributed by atoms with Crippen molar-refractivity contribution in [3.8, 4) is 5.75 Å². The van der Waals surface area contributed by atoms with Crippen LogP contribution in [-0.4, -0.2) is 64.4 Å². The van der Waals surface area contributed by atoms with E-state index >= 15 is 0 Å². The van der Waals surface area contributed by atoms with Gasteiger partial charge in [0, 0.05) is 5.39 Å². The highest BCUT2D eigenvalue weighted by Gasteiger charge is 2.20. The van der Waals surface area contributed by atoms with Gasteiger partial charge in [-0.2, -0.15) is 0 Å². The van der Waals surface area contributed by atoms with Crippen molar-refractivity contribution in [2.75, 3.05) is 59.5 Å². The molecule has 2 rings (SSSR count). The highest BCUT2D eigenvalue weighted by Crippen LogP contribution is 2.43. The summed E-state index contributed by atoms with van der Waals surface area (Å²) in [5.41, 5.74) is 0. The average molecular weight is 625 g/mol. The summed E-state index contributed by atoms with van der Waals surface area (Å²) in [6.07, 6.45) is 17.7. The number of ether oxygens (including phenoxy) is 4. The summed E-state index contributed by atoms with van der Waals surface area (Å²) < 4.78 is 44.3. The van der Waals surface area contributed by atoms with E-state index in [0.717, 1.165) is 35.8 Å². The Hall–Kier alpha value is -1.51. The summed E-state index contributed by atoms with van der Waals surface area (Å²) in [7, 11) is -4.03. The van der Waals surface area contributed by atoms with Gasteiger partial charge >= 0.3 is 7.82 Å². The highest BCUT2D eigenvalue weighted by atomic mass is 31.2. The van der Waals surface area contributed by atoms with Crippen molar-refractivity contribution >= 4 is 18.6 Å². The number of rotatable bonds is 30. The smallest absolute Gasteiger partial charge is 0.472 e. The van der Waals surface area contributed by atoms with E-state index in [2.05, 4.69) is 19.1 Å². The van der Waals surface area contributed by atoms with E-state index in [9.17, 15) is 9.46 Å². The molecular formula is C34H57O8P. The van der Waals surface area contributed by atoms with Gasteiger partial charge in [0.1, 0.15) is 12.4 Å². The molecule has 0 radical (unpaired) electrons. The van der Waals surface area contributed by atoms with Crippen LogP contribution in [0.15, 0.2) is 42.5 Å². The predicted octanol–water partition coefficient (Wildman–Crippen LogP) is 8.88. The molecule has 0 heterocycles. The Morgan fingerprint density at radius 2 is 1.00 bits per heavy atom. The number of unbranched alkanes of at least 4 members (excludes halogenated alkanes) is 13. The molecule has 0 fully saturated rings. The van der Waals surface area contributed by atoms with Crippen LogP contribution in [0.2, 0.25) is 0 Å². The van der Waals surface area contributed by atoms with E-state index < -0.39 is 7.82 Å². The van der Waals surface area contributed by atoms with Crippen molar-refractivity contribution in [2.24, 2.45) is 0 Å². The maximum atomic E-state index is 12.0. The first kappa shape index (κ1) is 37.7. The SMILES string of the molecule is CCCCCCCCCCCCCCCCOP(=O)(O)OCCOCCOCCOCCOc1cccc2ccccc12. The molecule has 0 spiro atoms. The Kier molecular flexibility index (Phi) is 22.6. The normalized spacial score (nSPS) is 13.0. The Balaban J connectivity index is 1.28. The van der Waals surface area contributed by atoms with Crippen LogP contribution in [0.4, 0.5) is 0 Å². The lowest BCUT2D eigenvalue weighted by Crippen LogP contribution is -2.13. The highest BCUT2D eigenvalue weighted by molar-refractivity contribution is 7.47. The van der Waals surface area contributed by atoms with Crippen LogP contribution in [0.1, 0.15) is 96.8 Å². The standard InChI is InChI=1S/C34H57O8P/c1-2-3-4-5-6-7-8-9-10-11-12-13-14-17-23-41-43(35,36)42-31-29-39-27-25-37-24-26-38-28-30-40-34-22-18-20-32-19-15-16-21-33(32)34/h15-16,18-22H,2-14,17,23-31H2,1H3,(H,35,36). The topological polar surface area (TPSA) is 92.7 Å². The number of fused-ring (bicyclic) bond motifs is 1. The summed E-state index contributed by atoms with van der Waals surface area (Å²) in [4.78, 5) is 9.80. The molecule has 1 unspecified atom stereocenters. The van der Waals surface area contributed by atoms with E-state index in [-0.39, 0.29) is 19.8 Å². The van der Waals surface area contributed by atoms with Gasteiger partial charge in [-0.05, 0) is 17.9 Å². The first-order valence-corrected chi connectivity index (χ1v) is 18.1. The van der Waals surface area contributed by atoms with Crippen LogP contribution >= 0.6 is 7.82 Å². The van der Waals surface area contributed by atoms with Gasteiger partial charge in [-0.25, -0.2) is 4.57 Å². The largest absolute Gasteiger partial charge is 0.491 e. The molecule has 0 aliphatic rings. The van der Waals surface area contributed by atoms with E-state index in [1.165, 1.54) is 70.6 Å². The molecule has 1 atom stereocenters. The molecule has 9 heteroatoms. The van der Waals surface area contributed by atoms with Crippen molar-refractivity contribution in [3.05, 3.63) is 42.5 Å². The molecule has 2 aromatic carbocycles. The second-order valence-corrected chi connectivity index (χ2v) is 12.3. The first-order chi connectivity index (χ1) is 21.1. The lowest BCUT2D eigenvalue weighted by atomic mass is 10.0. The van der Waals surface area contributed by atoms with Gasteiger partial charge in [-0.15, -0.1) is 0 Å². The summed E-state index contributed by atoms with van der Waals surface area (Å²) in [5, 5.41) is 2.24. The summed E-state index contributed by atoms with van der Waals surface area (Å²) in [5.74, 6) is 0.855.